The number of carbonyl (C=O) groups is 2. The van der Waals surface area contributed by atoms with Crippen molar-refractivity contribution in [3.8, 4) is 5.75 Å². The topological polar surface area (TPSA) is 79.7 Å². The normalized spacial score (nSPS) is 17.6. The lowest BCUT2D eigenvalue weighted by molar-refractivity contribution is -0.140. The number of nitrogens with zero attached hydrogens (tertiary/aromatic N) is 2. The van der Waals surface area contributed by atoms with Gasteiger partial charge in [-0.3, -0.25) is 14.6 Å². The van der Waals surface area contributed by atoms with E-state index in [1.54, 1.807) is 68.0 Å². The van der Waals surface area contributed by atoms with Gasteiger partial charge < -0.3 is 14.7 Å². The summed E-state index contributed by atoms with van der Waals surface area (Å²) in [6, 6.07) is 14.8. The molecule has 1 aliphatic heterocycles. The Morgan fingerprint density at radius 2 is 1.91 bits per heavy atom. The Labute approximate surface area is 190 Å². The maximum absolute atomic E-state index is 13.1. The molecule has 1 amide bonds. The van der Waals surface area contributed by atoms with E-state index in [0.717, 1.165) is 11.1 Å². The molecule has 6 nitrogen and oxygen atoms in total. The van der Waals surface area contributed by atoms with Gasteiger partial charge in [0, 0.05) is 29.5 Å². The van der Waals surface area contributed by atoms with E-state index in [1.165, 1.54) is 4.90 Å². The van der Waals surface area contributed by atoms with E-state index in [2.05, 4.69) is 4.98 Å². The van der Waals surface area contributed by atoms with Crippen molar-refractivity contribution in [2.45, 2.75) is 19.5 Å². The Balaban J connectivity index is 1.86. The van der Waals surface area contributed by atoms with Gasteiger partial charge in [-0.1, -0.05) is 29.8 Å². The molecule has 0 saturated carbocycles. The second-order valence-electron chi connectivity index (χ2n) is 7.52. The number of likely N-dealkylation sites (tertiary alicyclic amines) is 1. The van der Waals surface area contributed by atoms with E-state index in [1.807, 2.05) is 13.0 Å². The van der Waals surface area contributed by atoms with Gasteiger partial charge in [0.1, 0.15) is 11.5 Å². The van der Waals surface area contributed by atoms with Gasteiger partial charge in [-0.2, -0.15) is 0 Å². The number of hydrogen-bond donors (Lipinski definition) is 1. The number of pyridine rings is 1. The molecule has 32 heavy (non-hydrogen) atoms. The largest absolute Gasteiger partial charge is 0.507 e. The number of methoxy groups -OCH3 is 1. The number of aliphatic hydroxyl groups excluding tert-OH is 1. The fraction of sp³-hybridized carbons (Fsp3) is 0.160. The highest BCUT2D eigenvalue weighted by Crippen LogP contribution is 2.40. The highest BCUT2D eigenvalue weighted by molar-refractivity contribution is 6.46. The van der Waals surface area contributed by atoms with Gasteiger partial charge in [0.2, 0.25) is 0 Å². The molecule has 1 unspecified atom stereocenters. The van der Waals surface area contributed by atoms with Crippen LogP contribution < -0.4 is 4.74 Å². The van der Waals surface area contributed by atoms with E-state index in [9.17, 15) is 14.7 Å². The minimum Gasteiger partial charge on any atom is -0.507 e. The summed E-state index contributed by atoms with van der Waals surface area (Å²) >= 11 is 6.05. The highest BCUT2D eigenvalue weighted by Gasteiger charge is 2.46. The minimum absolute atomic E-state index is 0.0331. The van der Waals surface area contributed by atoms with E-state index in [-0.39, 0.29) is 17.9 Å². The first-order valence-electron chi connectivity index (χ1n) is 9.98. The number of benzene rings is 2. The molecule has 1 atom stereocenters. The Kier molecular flexibility index (Phi) is 5.97. The monoisotopic (exact) mass is 448 g/mol. The van der Waals surface area contributed by atoms with Crippen LogP contribution in [0.3, 0.4) is 0 Å². The molecule has 1 aromatic heterocycles. The van der Waals surface area contributed by atoms with Crippen LogP contribution in [-0.4, -0.2) is 33.8 Å². The molecule has 1 aliphatic rings. The molecule has 162 valence electrons. The minimum atomic E-state index is -0.769. The number of aryl methyl sites for hydroxylation is 1. The standard InChI is InChI=1S/C25H21ClN2O4/c1-15-12-18(7-10-20(15)32-2)23(29)21-22(17-5-8-19(26)9-6-17)28(25(31)24(21)30)14-16-4-3-11-27-13-16/h3-13,22,29H,14H2,1-2H3. The quantitative estimate of drug-likeness (QED) is 0.348. The van der Waals surface area contributed by atoms with Crippen molar-refractivity contribution in [3.05, 3.63) is 99.8 Å². The van der Waals surface area contributed by atoms with Crippen molar-refractivity contribution >= 4 is 29.1 Å². The third kappa shape index (κ3) is 3.97. The van der Waals surface area contributed by atoms with Crippen LogP contribution in [0.4, 0.5) is 0 Å². The van der Waals surface area contributed by atoms with Gasteiger partial charge in [0.05, 0.1) is 18.7 Å². The van der Waals surface area contributed by atoms with Crippen LogP contribution in [0.2, 0.25) is 5.02 Å². The molecule has 1 fully saturated rings. The van der Waals surface area contributed by atoms with E-state index in [0.29, 0.717) is 21.9 Å². The average Bonchev–Trinajstić information content (AvgIpc) is 3.04. The molecule has 1 saturated heterocycles. The second kappa shape index (κ2) is 8.85. The smallest absolute Gasteiger partial charge is 0.295 e. The first-order chi connectivity index (χ1) is 15.4. The summed E-state index contributed by atoms with van der Waals surface area (Å²) in [5.41, 5.74) is 2.70. The summed E-state index contributed by atoms with van der Waals surface area (Å²) in [4.78, 5) is 31.7. The Morgan fingerprint density at radius 1 is 1.16 bits per heavy atom. The summed E-state index contributed by atoms with van der Waals surface area (Å²) in [5, 5.41) is 11.7. The molecule has 2 heterocycles. The first-order valence-corrected chi connectivity index (χ1v) is 10.4. The number of aromatic nitrogens is 1. The number of Topliss-reactive ketones (excluding diaryl/α,β-unsaturated/α-hetero) is 1. The maximum Gasteiger partial charge on any atom is 0.295 e. The van der Waals surface area contributed by atoms with Crippen molar-refractivity contribution in [1.82, 2.24) is 9.88 Å². The van der Waals surface area contributed by atoms with E-state index >= 15 is 0 Å². The van der Waals surface area contributed by atoms with Gasteiger partial charge in [-0.05, 0) is 60.0 Å². The maximum atomic E-state index is 13.1. The predicted octanol–water partition coefficient (Wildman–Crippen LogP) is 4.67. The average molecular weight is 449 g/mol. The molecular formula is C25H21ClN2O4. The van der Waals surface area contributed by atoms with Gasteiger partial charge in [0.15, 0.2) is 0 Å². The van der Waals surface area contributed by atoms with E-state index < -0.39 is 17.7 Å². The molecule has 0 radical (unpaired) electrons. The zero-order valence-electron chi connectivity index (χ0n) is 17.6. The molecular weight excluding hydrogens is 428 g/mol. The van der Waals surface area contributed by atoms with Crippen LogP contribution in [0, 0.1) is 6.92 Å². The van der Waals surface area contributed by atoms with Crippen LogP contribution >= 0.6 is 11.6 Å². The zero-order chi connectivity index (χ0) is 22.8. The highest BCUT2D eigenvalue weighted by atomic mass is 35.5. The number of hydrogen-bond acceptors (Lipinski definition) is 5. The lowest BCUT2D eigenvalue weighted by Crippen LogP contribution is -2.29. The van der Waals surface area contributed by atoms with Gasteiger partial charge in [0.25, 0.3) is 11.7 Å². The predicted molar refractivity (Wildman–Crippen MR) is 121 cm³/mol. The summed E-state index contributed by atoms with van der Waals surface area (Å²) in [7, 11) is 1.56. The number of aliphatic hydroxyl groups is 1. The zero-order valence-corrected chi connectivity index (χ0v) is 18.3. The third-order valence-electron chi connectivity index (χ3n) is 5.47. The third-order valence-corrected chi connectivity index (χ3v) is 5.72. The SMILES string of the molecule is COc1ccc(C(O)=C2C(=O)C(=O)N(Cc3cccnc3)C2c2ccc(Cl)cc2)cc1C. The number of rotatable bonds is 5. The van der Waals surface area contributed by atoms with Crippen LogP contribution in [-0.2, 0) is 16.1 Å². The van der Waals surface area contributed by atoms with E-state index in [4.69, 9.17) is 16.3 Å². The molecule has 0 aliphatic carbocycles. The molecule has 2 aromatic carbocycles. The molecule has 3 aromatic rings. The fourth-order valence-electron chi connectivity index (χ4n) is 3.90. The van der Waals surface area contributed by atoms with Crippen molar-refractivity contribution in [2.24, 2.45) is 0 Å². The van der Waals surface area contributed by atoms with Crippen LogP contribution in [0.5, 0.6) is 5.75 Å². The summed E-state index contributed by atoms with van der Waals surface area (Å²) < 4.78 is 5.28. The number of ketones is 1. The molecule has 0 spiro atoms. The molecule has 4 rings (SSSR count). The van der Waals surface area contributed by atoms with Crippen LogP contribution in [0.1, 0.15) is 28.3 Å². The molecule has 0 bridgehead atoms. The lowest BCUT2D eigenvalue weighted by atomic mass is 9.94. The van der Waals surface area contributed by atoms with Crippen molar-refractivity contribution in [3.63, 3.8) is 0 Å². The molecule has 7 heteroatoms. The van der Waals surface area contributed by atoms with Crippen molar-refractivity contribution in [2.75, 3.05) is 7.11 Å². The Bertz CT molecular complexity index is 1210. The Hall–Kier alpha value is -3.64. The first kappa shape index (κ1) is 21.6. The number of ether oxygens (including phenoxy) is 1. The van der Waals surface area contributed by atoms with Crippen molar-refractivity contribution in [1.29, 1.82) is 0 Å². The Morgan fingerprint density at radius 3 is 2.53 bits per heavy atom. The van der Waals surface area contributed by atoms with Crippen LogP contribution in [0.15, 0.2) is 72.6 Å². The second-order valence-corrected chi connectivity index (χ2v) is 7.96. The number of carbonyl (C=O) groups excluding carboxylic acids is 2. The fourth-order valence-corrected chi connectivity index (χ4v) is 4.03. The number of amides is 1. The van der Waals surface area contributed by atoms with Gasteiger partial charge >= 0.3 is 0 Å². The summed E-state index contributed by atoms with van der Waals surface area (Å²) in [6.07, 6.45) is 3.28. The molecule has 1 N–H and O–H groups in total. The van der Waals surface area contributed by atoms with Gasteiger partial charge in [-0.25, -0.2) is 0 Å². The van der Waals surface area contributed by atoms with Crippen molar-refractivity contribution < 1.29 is 19.4 Å². The van der Waals surface area contributed by atoms with Gasteiger partial charge in [-0.15, -0.1) is 0 Å². The number of halogens is 1. The van der Waals surface area contributed by atoms with Crippen LogP contribution in [0.25, 0.3) is 5.76 Å². The lowest BCUT2D eigenvalue weighted by Gasteiger charge is -2.25. The summed E-state index contributed by atoms with van der Waals surface area (Å²) in [5.74, 6) is -0.990. The summed E-state index contributed by atoms with van der Waals surface area (Å²) in [6.45, 7) is 2.01.